The molecule has 4 rings (SSSR count). The topological polar surface area (TPSA) is 73.6 Å². The van der Waals surface area contributed by atoms with Gasteiger partial charge in [0.2, 0.25) is 0 Å². The van der Waals surface area contributed by atoms with Gasteiger partial charge in [0.1, 0.15) is 6.54 Å². The number of thiazole rings is 1. The molecule has 0 N–H and O–H groups in total. The maximum atomic E-state index is 12.9. The molecule has 2 aromatic heterocycles. The van der Waals surface area contributed by atoms with Crippen LogP contribution < -0.4 is 4.80 Å². The number of esters is 1. The summed E-state index contributed by atoms with van der Waals surface area (Å²) < 4.78 is 7.05. The van der Waals surface area contributed by atoms with E-state index in [0.29, 0.717) is 30.6 Å². The van der Waals surface area contributed by atoms with Crippen molar-refractivity contribution in [2.24, 2.45) is 4.99 Å². The second-order valence-corrected chi connectivity index (χ2v) is 8.41. The zero-order valence-corrected chi connectivity index (χ0v) is 18.3. The molecule has 0 saturated carbocycles. The molecule has 152 valence electrons. The van der Waals surface area contributed by atoms with Crippen molar-refractivity contribution in [3.05, 3.63) is 68.6 Å². The number of rotatable bonds is 3. The summed E-state index contributed by atoms with van der Waals surface area (Å²) in [4.78, 5) is 33.9. The van der Waals surface area contributed by atoms with E-state index in [2.05, 4.69) is 9.98 Å². The van der Waals surface area contributed by atoms with E-state index in [9.17, 15) is 9.59 Å². The number of aromatic nitrogens is 2. The molecule has 0 radical (unpaired) electrons. The molecule has 0 spiro atoms. The third kappa shape index (κ3) is 3.96. The number of aryl methyl sites for hydroxylation is 1. The van der Waals surface area contributed by atoms with Crippen molar-refractivity contribution in [2.75, 3.05) is 7.11 Å². The minimum atomic E-state index is -0.484. The maximum Gasteiger partial charge on any atom is 0.325 e. The molecule has 0 atom stereocenters. The number of methoxy groups -OCH3 is 1. The first kappa shape index (κ1) is 20.5. The Bertz CT molecular complexity index is 1390. The minimum Gasteiger partial charge on any atom is -0.468 e. The summed E-state index contributed by atoms with van der Waals surface area (Å²) in [6.07, 6.45) is 0. The first-order valence-electron chi connectivity index (χ1n) is 8.87. The van der Waals surface area contributed by atoms with Gasteiger partial charge in [-0.3, -0.25) is 14.6 Å². The van der Waals surface area contributed by atoms with Crippen molar-refractivity contribution in [2.45, 2.75) is 13.5 Å². The molecular weight excluding hydrogens is 445 g/mol. The molecule has 0 unspecified atom stereocenters. The molecule has 0 bridgehead atoms. The SMILES string of the molecule is COC(=O)Cn1c(=NC(=O)c2ccc3nc(C)ccc3c2)sc2cc(Cl)cc(Cl)c21. The highest BCUT2D eigenvalue weighted by Gasteiger charge is 2.16. The fourth-order valence-electron chi connectivity index (χ4n) is 3.07. The van der Waals surface area contributed by atoms with Gasteiger partial charge in [-0.05, 0) is 43.3 Å². The van der Waals surface area contributed by atoms with E-state index in [1.807, 2.05) is 19.1 Å². The summed E-state index contributed by atoms with van der Waals surface area (Å²) >= 11 is 13.7. The zero-order valence-electron chi connectivity index (χ0n) is 16.0. The molecule has 4 aromatic rings. The minimum absolute atomic E-state index is 0.134. The Morgan fingerprint density at radius 3 is 2.73 bits per heavy atom. The monoisotopic (exact) mass is 459 g/mol. The summed E-state index contributed by atoms with van der Waals surface area (Å²) in [6, 6.07) is 12.3. The van der Waals surface area contributed by atoms with Crippen molar-refractivity contribution in [3.8, 4) is 0 Å². The fraction of sp³-hybridized carbons (Fsp3) is 0.143. The number of nitrogens with zero attached hydrogens (tertiary/aromatic N) is 3. The van der Waals surface area contributed by atoms with Gasteiger partial charge in [-0.25, -0.2) is 0 Å². The molecule has 0 aliphatic rings. The molecule has 0 aliphatic heterocycles. The lowest BCUT2D eigenvalue weighted by Gasteiger charge is -2.05. The summed E-state index contributed by atoms with van der Waals surface area (Å²) in [7, 11) is 1.29. The van der Waals surface area contributed by atoms with Crippen molar-refractivity contribution < 1.29 is 14.3 Å². The molecule has 30 heavy (non-hydrogen) atoms. The quantitative estimate of drug-likeness (QED) is 0.413. The molecule has 1 amide bonds. The van der Waals surface area contributed by atoms with Gasteiger partial charge in [0.25, 0.3) is 5.91 Å². The number of halogens is 2. The van der Waals surface area contributed by atoms with E-state index >= 15 is 0 Å². The van der Waals surface area contributed by atoms with Crippen molar-refractivity contribution >= 4 is 67.5 Å². The van der Waals surface area contributed by atoms with E-state index in [4.69, 9.17) is 27.9 Å². The standard InChI is InChI=1S/C21H15Cl2N3O3S/c1-11-3-4-12-7-13(5-6-16(12)24-11)20(28)25-21-26(10-18(27)29-2)19-15(23)8-14(22)9-17(19)30-21/h3-9H,10H2,1-2H3. The Balaban J connectivity index is 1.86. The predicted molar refractivity (Wildman–Crippen MR) is 118 cm³/mol. The predicted octanol–water partition coefficient (Wildman–Crippen LogP) is 4.78. The third-order valence-corrected chi connectivity index (χ3v) is 6.01. The van der Waals surface area contributed by atoms with E-state index in [1.54, 1.807) is 34.9 Å². The smallest absolute Gasteiger partial charge is 0.325 e. The Kier molecular flexibility index (Phi) is 5.60. The molecule has 0 saturated heterocycles. The number of benzene rings is 2. The fourth-order valence-corrected chi connectivity index (χ4v) is 4.88. The van der Waals surface area contributed by atoms with Crippen molar-refractivity contribution in [1.82, 2.24) is 9.55 Å². The zero-order chi connectivity index (χ0) is 21.4. The summed E-state index contributed by atoms with van der Waals surface area (Å²) in [5, 5.41) is 1.66. The van der Waals surface area contributed by atoms with Gasteiger partial charge in [0.05, 0.1) is 27.9 Å². The number of hydrogen-bond donors (Lipinski definition) is 0. The van der Waals surface area contributed by atoms with Gasteiger partial charge >= 0.3 is 5.97 Å². The van der Waals surface area contributed by atoms with Gasteiger partial charge in [-0.15, -0.1) is 0 Å². The Labute approximate surface area is 185 Å². The van der Waals surface area contributed by atoms with Crippen LogP contribution in [0.5, 0.6) is 0 Å². The second kappa shape index (κ2) is 8.18. The van der Waals surface area contributed by atoms with Crippen LogP contribution in [-0.4, -0.2) is 28.5 Å². The summed E-state index contributed by atoms with van der Waals surface area (Å²) in [5.74, 6) is -0.924. The molecule has 0 aliphatic carbocycles. The molecule has 6 nitrogen and oxygen atoms in total. The van der Waals surface area contributed by atoms with Crippen molar-refractivity contribution in [3.63, 3.8) is 0 Å². The molecule has 2 aromatic carbocycles. The number of fused-ring (bicyclic) bond motifs is 2. The lowest BCUT2D eigenvalue weighted by molar-refractivity contribution is -0.141. The number of hydrogen-bond acceptors (Lipinski definition) is 5. The highest BCUT2D eigenvalue weighted by Crippen LogP contribution is 2.29. The van der Waals surface area contributed by atoms with Gasteiger partial charge in [0, 0.05) is 21.7 Å². The summed E-state index contributed by atoms with van der Waals surface area (Å²) in [5.41, 5.74) is 2.69. The van der Waals surface area contributed by atoms with E-state index in [0.717, 1.165) is 16.6 Å². The van der Waals surface area contributed by atoms with Crippen LogP contribution in [0, 0.1) is 6.92 Å². The van der Waals surface area contributed by atoms with Crippen LogP contribution in [-0.2, 0) is 16.1 Å². The van der Waals surface area contributed by atoms with E-state index in [1.165, 1.54) is 18.4 Å². The highest BCUT2D eigenvalue weighted by atomic mass is 35.5. The first-order chi connectivity index (χ1) is 14.4. The lowest BCUT2D eigenvalue weighted by Crippen LogP contribution is -2.22. The average molecular weight is 460 g/mol. The first-order valence-corrected chi connectivity index (χ1v) is 10.4. The largest absolute Gasteiger partial charge is 0.468 e. The Morgan fingerprint density at radius 2 is 1.97 bits per heavy atom. The van der Waals surface area contributed by atoms with Crippen LogP contribution >= 0.6 is 34.5 Å². The van der Waals surface area contributed by atoms with E-state index < -0.39 is 11.9 Å². The Morgan fingerprint density at radius 1 is 1.17 bits per heavy atom. The van der Waals surface area contributed by atoms with Crippen LogP contribution in [0.2, 0.25) is 10.0 Å². The van der Waals surface area contributed by atoms with Gasteiger partial charge in [-0.2, -0.15) is 4.99 Å². The van der Waals surface area contributed by atoms with E-state index in [-0.39, 0.29) is 6.54 Å². The van der Waals surface area contributed by atoms with Gasteiger partial charge in [-0.1, -0.05) is 40.6 Å². The van der Waals surface area contributed by atoms with Crippen LogP contribution in [0.25, 0.3) is 21.1 Å². The van der Waals surface area contributed by atoms with Crippen LogP contribution in [0.3, 0.4) is 0 Å². The third-order valence-electron chi connectivity index (χ3n) is 4.48. The molecular formula is C21H15Cl2N3O3S. The van der Waals surface area contributed by atoms with Crippen LogP contribution in [0.1, 0.15) is 16.1 Å². The lowest BCUT2D eigenvalue weighted by atomic mass is 10.1. The van der Waals surface area contributed by atoms with Crippen molar-refractivity contribution in [1.29, 1.82) is 0 Å². The average Bonchev–Trinajstić information content (AvgIpc) is 3.04. The normalized spacial score (nSPS) is 11.9. The Hall–Kier alpha value is -2.74. The number of ether oxygens (including phenoxy) is 1. The summed E-state index contributed by atoms with van der Waals surface area (Å²) in [6.45, 7) is 1.78. The number of amides is 1. The molecule has 2 heterocycles. The highest BCUT2D eigenvalue weighted by molar-refractivity contribution is 7.16. The van der Waals surface area contributed by atoms with Crippen LogP contribution in [0.4, 0.5) is 0 Å². The van der Waals surface area contributed by atoms with Gasteiger partial charge < -0.3 is 9.30 Å². The maximum absolute atomic E-state index is 12.9. The number of pyridine rings is 1. The number of carbonyl (C=O) groups is 2. The van der Waals surface area contributed by atoms with Gasteiger partial charge in [0.15, 0.2) is 4.80 Å². The van der Waals surface area contributed by atoms with Crippen LogP contribution in [0.15, 0.2) is 47.5 Å². The number of carbonyl (C=O) groups excluding carboxylic acids is 2. The molecule has 9 heteroatoms. The molecule has 0 fully saturated rings. The second-order valence-electron chi connectivity index (χ2n) is 6.56.